The zero-order valence-corrected chi connectivity index (χ0v) is 12.0. The molecule has 0 aromatic carbocycles. The Labute approximate surface area is 111 Å². The normalized spacial score (nSPS) is 16.2. The second-order valence-electron chi connectivity index (χ2n) is 4.00. The number of rotatable bonds is 3. The number of hydrogen-bond acceptors (Lipinski definition) is 4. The van der Waals surface area contributed by atoms with Gasteiger partial charge in [-0.2, -0.15) is 11.8 Å². The Morgan fingerprint density at radius 3 is 2.53 bits per heavy atom. The highest BCUT2D eigenvalue weighted by Crippen LogP contribution is 2.22. The molecule has 0 saturated carbocycles. The maximum Gasteiger partial charge on any atom is 0.282 e. The molecule has 94 valence electrons. The summed E-state index contributed by atoms with van der Waals surface area (Å²) in [7, 11) is 0. The number of carbonyl (C=O) groups is 1. The van der Waals surface area contributed by atoms with Crippen molar-refractivity contribution in [3.63, 3.8) is 0 Å². The molecule has 0 spiro atoms. The molecule has 5 heteroatoms. The van der Waals surface area contributed by atoms with Gasteiger partial charge in [-0.15, -0.1) is 11.3 Å². The average molecular weight is 270 g/mol. The van der Waals surface area contributed by atoms with Gasteiger partial charge < -0.3 is 4.90 Å². The zero-order valence-electron chi connectivity index (χ0n) is 10.4. The van der Waals surface area contributed by atoms with E-state index < -0.39 is 0 Å². The molecule has 1 aliphatic heterocycles. The second kappa shape index (κ2) is 5.87. The smallest absolute Gasteiger partial charge is 0.282 e. The number of hydrogen-bond donors (Lipinski definition) is 0. The van der Waals surface area contributed by atoms with Gasteiger partial charge in [-0.25, -0.2) is 4.98 Å². The van der Waals surface area contributed by atoms with Gasteiger partial charge in [0, 0.05) is 29.5 Å². The predicted molar refractivity (Wildman–Crippen MR) is 74.1 cm³/mol. The largest absolute Gasteiger partial charge is 0.335 e. The van der Waals surface area contributed by atoms with Crippen molar-refractivity contribution in [2.24, 2.45) is 0 Å². The molecule has 2 heterocycles. The van der Waals surface area contributed by atoms with Gasteiger partial charge in [-0.3, -0.25) is 4.79 Å². The summed E-state index contributed by atoms with van der Waals surface area (Å²) < 4.78 is 0. The number of aromatic nitrogens is 1. The Morgan fingerprint density at radius 2 is 2.00 bits per heavy atom. The molecule has 0 bridgehead atoms. The Balaban J connectivity index is 2.15. The maximum atomic E-state index is 12.3. The molecule has 0 atom stereocenters. The van der Waals surface area contributed by atoms with Crippen molar-refractivity contribution in [1.29, 1.82) is 0 Å². The number of nitrogens with zero attached hydrogens (tertiary/aromatic N) is 2. The van der Waals surface area contributed by atoms with E-state index in [1.165, 1.54) is 4.88 Å². The first-order valence-corrected chi connectivity index (χ1v) is 8.09. The van der Waals surface area contributed by atoms with E-state index >= 15 is 0 Å². The summed E-state index contributed by atoms with van der Waals surface area (Å²) in [5.74, 6) is 2.24. The first-order chi connectivity index (χ1) is 8.26. The van der Waals surface area contributed by atoms with Gasteiger partial charge in [0.15, 0.2) is 5.01 Å². The van der Waals surface area contributed by atoms with Crippen LogP contribution in [0.3, 0.4) is 0 Å². The minimum absolute atomic E-state index is 0.129. The summed E-state index contributed by atoms with van der Waals surface area (Å²) >= 11 is 3.49. The standard InChI is InChI=1S/C12H18N2OS2/c1-3-9-10(4-2)17-11(13-9)12(15)14-5-7-16-8-6-14/h3-8H2,1-2H3. The molecular weight excluding hydrogens is 252 g/mol. The van der Waals surface area contributed by atoms with Crippen LogP contribution >= 0.6 is 23.1 Å². The fourth-order valence-corrected chi connectivity index (χ4v) is 3.89. The zero-order chi connectivity index (χ0) is 12.3. The van der Waals surface area contributed by atoms with Gasteiger partial charge in [-0.1, -0.05) is 13.8 Å². The van der Waals surface area contributed by atoms with Crippen molar-refractivity contribution < 1.29 is 4.79 Å². The molecule has 0 unspecified atom stereocenters. The van der Waals surface area contributed by atoms with Crippen LogP contribution in [0.1, 0.15) is 34.2 Å². The van der Waals surface area contributed by atoms with Gasteiger partial charge in [0.05, 0.1) is 5.69 Å². The number of amides is 1. The lowest BCUT2D eigenvalue weighted by Crippen LogP contribution is -2.37. The molecule has 17 heavy (non-hydrogen) atoms. The third kappa shape index (κ3) is 2.83. The van der Waals surface area contributed by atoms with E-state index in [2.05, 4.69) is 18.8 Å². The van der Waals surface area contributed by atoms with Crippen LogP contribution in [0.15, 0.2) is 0 Å². The fraction of sp³-hybridized carbons (Fsp3) is 0.667. The van der Waals surface area contributed by atoms with Crippen molar-refractivity contribution in [3.8, 4) is 0 Å². The molecule has 1 fully saturated rings. The molecular formula is C12H18N2OS2. The lowest BCUT2D eigenvalue weighted by Gasteiger charge is -2.25. The number of carbonyl (C=O) groups excluding carboxylic acids is 1. The Kier molecular flexibility index (Phi) is 4.45. The highest BCUT2D eigenvalue weighted by Gasteiger charge is 2.22. The molecule has 0 N–H and O–H groups in total. The first kappa shape index (κ1) is 12.9. The van der Waals surface area contributed by atoms with Crippen LogP contribution in [0.2, 0.25) is 0 Å². The maximum absolute atomic E-state index is 12.3. The van der Waals surface area contributed by atoms with Crippen molar-refractivity contribution in [2.75, 3.05) is 24.6 Å². The average Bonchev–Trinajstić information content (AvgIpc) is 2.82. The summed E-state index contributed by atoms with van der Waals surface area (Å²) in [6.07, 6.45) is 1.90. The first-order valence-electron chi connectivity index (χ1n) is 6.11. The fourth-order valence-electron chi connectivity index (χ4n) is 1.93. The second-order valence-corrected chi connectivity index (χ2v) is 6.31. The van der Waals surface area contributed by atoms with Crippen molar-refractivity contribution in [3.05, 3.63) is 15.6 Å². The van der Waals surface area contributed by atoms with E-state index in [-0.39, 0.29) is 5.91 Å². The van der Waals surface area contributed by atoms with Gasteiger partial charge in [-0.05, 0) is 12.8 Å². The van der Waals surface area contributed by atoms with E-state index in [0.717, 1.165) is 43.1 Å². The summed E-state index contributed by atoms with van der Waals surface area (Å²) in [6, 6.07) is 0. The molecule has 1 aromatic rings. The quantitative estimate of drug-likeness (QED) is 0.846. The van der Waals surface area contributed by atoms with Gasteiger partial charge in [0.2, 0.25) is 0 Å². The van der Waals surface area contributed by atoms with E-state index in [1.54, 1.807) is 11.3 Å². The van der Waals surface area contributed by atoms with E-state index in [1.807, 2.05) is 16.7 Å². The molecule has 1 amide bonds. The molecule has 0 radical (unpaired) electrons. The molecule has 1 aliphatic rings. The van der Waals surface area contributed by atoms with Crippen LogP contribution in [0, 0.1) is 0 Å². The topological polar surface area (TPSA) is 33.2 Å². The number of thioether (sulfide) groups is 1. The summed E-state index contributed by atoms with van der Waals surface area (Å²) in [4.78, 5) is 20.0. The third-order valence-electron chi connectivity index (χ3n) is 2.92. The van der Waals surface area contributed by atoms with Crippen molar-refractivity contribution in [2.45, 2.75) is 26.7 Å². The van der Waals surface area contributed by atoms with Crippen molar-refractivity contribution in [1.82, 2.24) is 9.88 Å². The number of thiazole rings is 1. The highest BCUT2D eigenvalue weighted by atomic mass is 32.2. The minimum atomic E-state index is 0.129. The molecule has 3 nitrogen and oxygen atoms in total. The highest BCUT2D eigenvalue weighted by molar-refractivity contribution is 7.99. The van der Waals surface area contributed by atoms with Gasteiger partial charge in [0.1, 0.15) is 0 Å². The summed E-state index contributed by atoms with van der Waals surface area (Å²) in [6.45, 7) is 5.95. The predicted octanol–water partition coefficient (Wildman–Crippen LogP) is 2.46. The van der Waals surface area contributed by atoms with Crippen LogP contribution in [-0.2, 0) is 12.8 Å². The van der Waals surface area contributed by atoms with E-state index in [4.69, 9.17) is 0 Å². The Hall–Kier alpha value is -0.550. The molecule has 0 aliphatic carbocycles. The van der Waals surface area contributed by atoms with E-state index in [9.17, 15) is 4.79 Å². The molecule has 1 aromatic heterocycles. The molecule has 2 rings (SSSR count). The van der Waals surface area contributed by atoms with Crippen LogP contribution in [0.4, 0.5) is 0 Å². The van der Waals surface area contributed by atoms with Gasteiger partial charge >= 0.3 is 0 Å². The van der Waals surface area contributed by atoms with Crippen LogP contribution < -0.4 is 0 Å². The van der Waals surface area contributed by atoms with Crippen LogP contribution in [0.25, 0.3) is 0 Å². The summed E-state index contributed by atoms with van der Waals surface area (Å²) in [5, 5.41) is 0.686. The van der Waals surface area contributed by atoms with Gasteiger partial charge in [0.25, 0.3) is 5.91 Å². The van der Waals surface area contributed by atoms with E-state index in [0.29, 0.717) is 5.01 Å². The van der Waals surface area contributed by atoms with Crippen LogP contribution in [0.5, 0.6) is 0 Å². The summed E-state index contributed by atoms with van der Waals surface area (Å²) in [5.41, 5.74) is 1.10. The SMILES string of the molecule is CCc1nc(C(=O)N2CCSCC2)sc1CC. The lowest BCUT2D eigenvalue weighted by molar-refractivity contribution is 0.0771. The number of aryl methyl sites for hydroxylation is 2. The van der Waals surface area contributed by atoms with Crippen LogP contribution in [-0.4, -0.2) is 40.4 Å². The minimum Gasteiger partial charge on any atom is -0.335 e. The Morgan fingerprint density at radius 1 is 1.29 bits per heavy atom. The van der Waals surface area contributed by atoms with Crippen molar-refractivity contribution >= 4 is 29.0 Å². The Bertz CT molecular complexity index is 376. The monoisotopic (exact) mass is 270 g/mol. The molecule has 1 saturated heterocycles. The lowest BCUT2D eigenvalue weighted by atomic mass is 10.2. The third-order valence-corrected chi connectivity index (χ3v) is 5.09.